The maximum Gasteiger partial charge on any atom is 0.121 e. The zero-order valence-electron chi connectivity index (χ0n) is 52.4. The highest BCUT2D eigenvalue weighted by Crippen LogP contribution is 2.35. The second-order valence-corrected chi connectivity index (χ2v) is 28.0. The molecule has 3 aromatic rings. The van der Waals surface area contributed by atoms with Crippen LogP contribution in [-0.4, -0.2) is 49.8 Å². The molecule has 0 bridgehead atoms. The molecule has 3 aliphatic rings. The van der Waals surface area contributed by atoms with Gasteiger partial charge < -0.3 is 4.74 Å². The third-order valence-electron chi connectivity index (χ3n) is 14.3. The van der Waals surface area contributed by atoms with Gasteiger partial charge >= 0.3 is 0 Å². The lowest BCUT2D eigenvalue weighted by molar-refractivity contribution is 0.0823. The van der Waals surface area contributed by atoms with E-state index in [0.29, 0.717) is 16.2 Å². The monoisotopic (exact) mass is 1010 g/mol. The van der Waals surface area contributed by atoms with Crippen LogP contribution >= 0.6 is 11.8 Å². The molecule has 2 atom stereocenters. The number of rotatable bonds is 0. The summed E-state index contributed by atoms with van der Waals surface area (Å²) in [7, 11) is 0. The summed E-state index contributed by atoms with van der Waals surface area (Å²) in [6.07, 6.45) is 18.7. The molecule has 1 fully saturated rings. The van der Waals surface area contributed by atoms with Crippen LogP contribution in [0, 0.1) is 93.9 Å². The van der Waals surface area contributed by atoms with E-state index in [0.717, 1.165) is 22.8 Å². The molecule has 6 heteroatoms. The van der Waals surface area contributed by atoms with Crippen molar-refractivity contribution in [3.8, 4) is 0 Å². The number of aryl methyl sites for hydroxylation is 5. The summed E-state index contributed by atoms with van der Waals surface area (Å²) < 4.78 is 5.38. The van der Waals surface area contributed by atoms with Gasteiger partial charge in [-0.05, 0) is 214 Å². The molecule has 0 spiro atoms. The quantitative estimate of drug-likeness (QED) is 0.224. The predicted molar refractivity (Wildman–Crippen MR) is 323 cm³/mol. The lowest BCUT2D eigenvalue weighted by Gasteiger charge is -2.38. The number of pyridine rings is 3. The molecule has 1 saturated heterocycles. The zero-order chi connectivity index (χ0) is 56.1. The van der Waals surface area contributed by atoms with Crippen molar-refractivity contribution in [2.24, 2.45) is 10.8 Å². The van der Waals surface area contributed by atoms with E-state index in [-0.39, 0.29) is 27.8 Å². The molecular weight excluding hydrogens is 897 g/mol. The fourth-order valence-electron chi connectivity index (χ4n) is 9.53. The van der Waals surface area contributed by atoms with Gasteiger partial charge in [0.1, 0.15) is 6.10 Å². The van der Waals surface area contributed by atoms with E-state index in [4.69, 9.17) is 9.72 Å². The van der Waals surface area contributed by atoms with E-state index < -0.39 is 0 Å². The van der Waals surface area contributed by atoms with Gasteiger partial charge in [0, 0.05) is 55.8 Å². The molecule has 3 aromatic heterocycles. The Morgan fingerprint density at radius 3 is 1.22 bits per heavy atom. The molecule has 72 heavy (non-hydrogen) atoms. The first-order chi connectivity index (χ1) is 32.6. The van der Waals surface area contributed by atoms with Crippen molar-refractivity contribution in [3.63, 3.8) is 0 Å². The van der Waals surface area contributed by atoms with Crippen LogP contribution in [0.4, 0.5) is 0 Å². The summed E-state index contributed by atoms with van der Waals surface area (Å²) in [5, 5.41) is 2.81. The molecule has 0 saturated carbocycles. The number of thioether (sulfide) groups is 1. The first kappa shape index (κ1) is 66.5. The highest BCUT2D eigenvalue weighted by Gasteiger charge is 2.26. The summed E-state index contributed by atoms with van der Waals surface area (Å²) >= 11 is 1.90. The zero-order valence-corrected chi connectivity index (χ0v) is 53.2. The maximum atomic E-state index is 5.38. The van der Waals surface area contributed by atoms with Gasteiger partial charge in [-0.15, -0.1) is 11.8 Å². The number of ether oxygens (including phenoxy) is 1. The van der Waals surface area contributed by atoms with Crippen molar-refractivity contribution in [2.75, 3.05) is 13.1 Å². The van der Waals surface area contributed by atoms with Gasteiger partial charge in [-0.25, -0.2) is 0 Å². The van der Waals surface area contributed by atoms with E-state index in [1.54, 1.807) is 6.26 Å². The van der Waals surface area contributed by atoms with E-state index >= 15 is 0 Å². The second-order valence-electron chi connectivity index (χ2n) is 27.0. The van der Waals surface area contributed by atoms with Crippen molar-refractivity contribution in [1.29, 1.82) is 0 Å². The van der Waals surface area contributed by atoms with Crippen LogP contribution in [0.1, 0.15) is 228 Å². The van der Waals surface area contributed by atoms with Crippen molar-refractivity contribution >= 4 is 11.8 Å². The number of allylic oxidation sites excluding steroid dienone is 4. The van der Waals surface area contributed by atoms with Crippen molar-refractivity contribution in [1.82, 2.24) is 19.9 Å². The third kappa shape index (κ3) is 21.0. The van der Waals surface area contributed by atoms with Gasteiger partial charge in [0.15, 0.2) is 0 Å². The molecule has 2 unspecified atom stereocenters. The summed E-state index contributed by atoms with van der Waals surface area (Å²) in [6, 6.07) is 0. The predicted octanol–water partition coefficient (Wildman–Crippen LogP) is 18.8. The number of nitrogens with zero attached hydrogens (tertiary/aromatic N) is 4. The molecule has 0 aromatic carbocycles. The fourth-order valence-corrected chi connectivity index (χ4v) is 10.5. The van der Waals surface area contributed by atoms with E-state index in [1.165, 1.54) is 93.8 Å². The third-order valence-corrected chi connectivity index (χ3v) is 15.7. The van der Waals surface area contributed by atoms with Crippen LogP contribution < -0.4 is 0 Å². The smallest absolute Gasteiger partial charge is 0.121 e. The van der Waals surface area contributed by atoms with Gasteiger partial charge in [0.2, 0.25) is 0 Å². The first-order valence-corrected chi connectivity index (χ1v) is 28.1. The molecule has 0 N–H and O–H groups in total. The number of hydrogen-bond acceptors (Lipinski definition) is 6. The Hall–Kier alpha value is -3.48. The molecule has 6 heterocycles. The van der Waals surface area contributed by atoms with Gasteiger partial charge in [0.25, 0.3) is 0 Å². The Balaban J connectivity index is 0.000000435. The van der Waals surface area contributed by atoms with Crippen LogP contribution in [0.3, 0.4) is 0 Å². The van der Waals surface area contributed by atoms with Gasteiger partial charge in [-0.1, -0.05) is 135 Å². The van der Waals surface area contributed by atoms with Crippen molar-refractivity contribution in [2.45, 2.75) is 260 Å². The Bertz CT molecular complexity index is 2250. The molecular formula is C66H110N4OS. The largest absolute Gasteiger partial charge is 0.493 e. The number of piperidine rings is 1. The van der Waals surface area contributed by atoms with E-state index in [9.17, 15) is 0 Å². The fraction of sp³-hybridized carbons (Fsp3) is 0.652. The highest BCUT2D eigenvalue weighted by molar-refractivity contribution is 8.03. The minimum Gasteiger partial charge on any atom is -0.493 e. The Morgan fingerprint density at radius 2 is 0.875 bits per heavy atom. The van der Waals surface area contributed by atoms with Crippen LogP contribution in [0.5, 0.6) is 0 Å². The minimum absolute atomic E-state index is 0.146. The summed E-state index contributed by atoms with van der Waals surface area (Å²) in [6.45, 7) is 68.8. The topological polar surface area (TPSA) is 51.1 Å². The van der Waals surface area contributed by atoms with Crippen LogP contribution in [0.25, 0.3) is 0 Å². The normalized spacial score (nSPS) is 17.1. The first-order valence-electron chi connectivity index (χ1n) is 27.1. The lowest BCUT2D eigenvalue weighted by atomic mass is 9.80. The van der Waals surface area contributed by atoms with E-state index in [2.05, 4.69) is 252 Å². The number of likely N-dealkylation sites (tertiary alicyclic amines) is 1. The highest BCUT2D eigenvalue weighted by atomic mass is 32.2. The molecule has 6 rings (SSSR count). The van der Waals surface area contributed by atoms with Gasteiger partial charge in [-0.2, -0.15) is 0 Å². The standard InChI is InChI=1S/3C13H21N.C9H19N.C9H14O.C9H14S/c1-8-10(3)14-11(4)9(2)12(8)13(5,6)7;1-8-9(2)12(13(5,6)7)11(4)14-10(8)3;1-8-9(2)11(4)14-12(10(8)3)13(5,6)7;1-9(2,3)10-7-5-4-6-8-10;2*1-9(2,3)8-6-4-5-7-10-8/h3*1-7H3;4-8H2,1-3H3;2*4-8H,1-3H3. The summed E-state index contributed by atoms with van der Waals surface area (Å²) in [4.78, 5) is 16.4. The molecule has 0 amide bonds. The van der Waals surface area contributed by atoms with Crippen molar-refractivity contribution < 1.29 is 4.74 Å². The minimum atomic E-state index is 0.146. The molecule has 0 radical (unpaired) electrons. The molecule has 5 nitrogen and oxygen atoms in total. The lowest BCUT2D eigenvalue weighted by Crippen LogP contribution is -2.44. The molecule has 406 valence electrons. The van der Waals surface area contributed by atoms with Crippen molar-refractivity contribution in [3.05, 3.63) is 132 Å². The van der Waals surface area contributed by atoms with Crippen LogP contribution in [0.15, 0.2) is 48.1 Å². The second kappa shape index (κ2) is 27.3. The molecule has 0 aliphatic carbocycles. The molecule has 3 aliphatic heterocycles. The van der Waals surface area contributed by atoms with Gasteiger partial charge in [-0.3, -0.25) is 19.9 Å². The van der Waals surface area contributed by atoms with E-state index in [1.807, 2.05) is 23.9 Å². The maximum absolute atomic E-state index is 5.38. The average Bonchev–Trinajstić information content (AvgIpc) is 3.25. The summed E-state index contributed by atoms with van der Waals surface area (Å²) in [5.74, 6) is 0. The van der Waals surface area contributed by atoms with Crippen LogP contribution in [0.2, 0.25) is 0 Å². The number of aromatic nitrogens is 3. The number of hydrogen-bond donors (Lipinski definition) is 0. The summed E-state index contributed by atoms with van der Waals surface area (Å²) in [5.41, 5.74) is 21.0. The van der Waals surface area contributed by atoms with Crippen LogP contribution in [-0.2, 0) is 21.0 Å². The SMILES string of the molecule is CC(C)(C)C1C=CC=CO1.CC(C)(C)C1C=CC=CS1.CC(C)(C)N1CCCCC1.Cc1nc(C(C)(C)C)c(C)c(C)c1C.Cc1nc(C)c(C(C)(C)C)c(C)c1C.Cc1nc(C)c(C)c(C(C)(C)C)c1C. The Labute approximate surface area is 450 Å². The Kier molecular flexibility index (Phi) is 25.3. The average molecular weight is 1010 g/mol. The van der Waals surface area contributed by atoms with Gasteiger partial charge in [0.05, 0.1) is 6.26 Å². The Morgan fingerprint density at radius 1 is 0.431 bits per heavy atom.